The number of hydrogen-bond donors (Lipinski definition) is 0. The normalized spacial score (nSPS) is 11.6. The van der Waals surface area contributed by atoms with E-state index in [9.17, 15) is 0 Å². The summed E-state index contributed by atoms with van der Waals surface area (Å²) < 4.78 is 15.0. The number of rotatable bonds is 4. The zero-order valence-corrected chi connectivity index (χ0v) is 28.7. The van der Waals surface area contributed by atoms with Gasteiger partial charge in [0.05, 0.1) is 0 Å². The summed E-state index contributed by atoms with van der Waals surface area (Å²) in [6.45, 7) is 0. The maximum absolute atomic E-state index is 6.27. The maximum Gasteiger partial charge on any atom is 0.0371 e. The molecule has 0 saturated carbocycles. The van der Waals surface area contributed by atoms with Gasteiger partial charge in [0.1, 0.15) is 0 Å². The van der Waals surface area contributed by atoms with Crippen molar-refractivity contribution >= 4 is 48.6 Å². The predicted molar refractivity (Wildman–Crippen MR) is 188 cm³/mol. The average molecular weight is 791 g/mol. The zero-order valence-electron chi connectivity index (χ0n) is 24.9. The molecule has 9 rings (SSSR count). The number of thiophene rings is 1. The summed E-state index contributed by atoms with van der Waals surface area (Å²) in [5, 5.41) is 2.49. The van der Waals surface area contributed by atoms with Crippen molar-refractivity contribution in [3.63, 3.8) is 0 Å². The largest absolute Gasteiger partial charge is 0.504 e. The van der Waals surface area contributed by atoms with E-state index in [-0.39, 0.29) is 21.1 Å². The first-order chi connectivity index (χ1) is 22.7. The Morgan fingerprint density at radius 2 is 1.13 bits per heavy atom. The second-order valence-corrected chi connectivity index (χ2v) is 12.2. The molecular weight excluding hydrogens is 766 g/mol. The molecule has 0 spiro atoms. The second-order valence-electron chi connectivity index (χ2n) is 11.1. The number of anilines is 3. The van der Waals surface area contributed by atoms with Crippen LogP contribution >= 0.6 is 11.3 Å². The van der Waals surface area contributed by atoms with Gasteiger partial charge in [-0.15, -0.1) is 53.8 Å². The molecule has 1 aliphatic rings. The van der Waals surface area contributed by atoms with Crippen LogP contribution in [0.5, 0.6) is 23.0 Å². The molecule has 0 amide bonds. The minimum absolute atomic E-state index is 0. The van der Waals surface area contributed by atoms with Crippen LogP contribution in [0.3, 0.4) is 0 Å². The summed E-state index contributed by atoms with van der Waals surface area (Å²) >= 11 is 1.82. The van der Waals surface area contributed by atoms with Gasteiger partial charge in [0.25, 0.3) is 0 Å². The van der Waals surface area contributed by atoms with Crippen molar-refractivity contribution in [1.82, 2.24) is 0 Å². The van der Waals surface area contributed by atoms with Crippen molar-refractivity contribution in [3.05, 3.63) is 164 Å². The molecule has 3 nitrogen and oxygen atoms in total. The van der Waals surface area contributed by atoms with E-state index in [4.69, 9.17) is 9.47 Å². The van der Waals surface area contributed by atoms with Crippen molar-refractivity contribution in [3.8, 4) is 45.3 Å². The first-order valence-corrected chi connectivity index (χ1v) is 15.9. The van der Waals surface area contributed by atoms with Crippen LogP contribution in [0.2, 0.25) is 0 Å². The van der Waals surface area contributed by atoms with E-state index in [1.54, 1.807) is 0 Å². The molecule has 1 aliphatic heterocycles. The van der Waals surface area contributed by atoms with Crippen LogP contribution in [0.25, 0.3) is 42.4 Å². The van der Waals surface area contributed by atoms with Gasteiger partial charge in [0, 0.05) is 75.6 Å². The molecule has 8 aromatic rings. The number of hydrogen-bond acceptors (Lipinski definition) is 4. The Kier molecular flexibility index (Phi) is 7.61. The van der Waals surface area contributed by atoms with E-state index >= 15 is 0 Å². The van der Waals surface area contributed by atoms with Crippen molar-refractivity contribution in [1.29, 1.82) is 0 Å². The summed E-state index contributed by atoms with van der Waals surface area (Å²) in [5.74, 6) is 2.31. The number of benzene rings is 7. The summed E-state index contributed by atoms with van der Waals surface area (Å²) in [6.07, 6.45) is 0. The number of ether oxygens (including phenoxy) is 2. The molecule has 47 heavy (non-hydrogen) atoms. The van der Waals surface area contributed by atoms with E-state index in [1.165, 1.54) is 20.2 Å². The quantitative estimate of drug-likeness (QED) is 0.166. The average Bonchev–Trinajstić information content (AvgIpc) is 3.47. The Hall–Kier alpha value is -5.15. The molecule has 5 heteroatoms. The smallest absolute Gasteiger partial charge is 0.0371 e. The molecule has 0 saturated heterocycles. The molecule has 6 bridgehead atoms. The van der Waals surface area contributed by atoms with Gasteiger partial charge in [-0.2, -0.15) is 23.8 Å². The Morgan fingerprint density at radius 1 is 0.468 bits per heavy atom. The monoisotopic (exact) mass is 790 g/mol. The van der Waals surface area contributed by atoms with Gasteiger partial charge in [0.15, 0.2) is 0 Å². The third-order valence-corrected chi connectivity index (χ3v) is 9.34. The van der Waals surface area contributed by atoms with E-state index in [0.29, 0.717) is 23.0 Å². The summed E-state index contributed by atoms with van der Waals surface area (Å²) in [4.78, 5) is 2.31. The summed E-state index contributed by atoms with van der Waals surface area (Å²) in [7, 11) is 0. The minimum Gasteiger partial charge on any atom is -0.504 e. The predicted octanol–water partition coefficient (Wildman–Crippen LogP) is 12.2. The summed E-state index contributed by atoms with van der Waals surface area (Å²) in [6, 6.07) is 60.4. The van der Waals surface area contributed by atoms with E-state index in [0.717, 1.165) is 39.3 Å². The third kappa shape index (κ3) is 5.50. The van der Waals surface area contributed by atoms with Gasteiger partial charge in [-0.1, -0.05) is 72.4 Å². The standard InChI is InChI=1S/C42H24NO2S.W/c1-2-9-28(10-3-1)29-11-6-13-31(23-29)43(32-19-22-42-39(25-32)37-17-4-5-18-41(37)46-42)40-21-20-36-27-38(40)30-12-7-14-33(24-30)44-34-15-8-16-35(26-34)45-36;/h1-23,25H;/q-3;. The Balaban J connectivity index is 0.00000324. The number of nitrogens with zero attached hydrogens (tertiary/aromatic N) is 1. The molecular formula is C42H24NO2SW-3. The molecule has 0 fully saturated rings. The molecule has 0 radical (unpaired) electrons. The van der Waals surface area contributed by atoms with Crippen molar-refractivity contribution < 1.29 is 30.5 Å². The maximum atomic E-state index is 6.27. The van der Waals surface area contributed by atoms with E-state index in [2.05, 4.69) is 120 Å². The molecule has 0 aliphatic carbocycles. The van der Waals surface area contributed by atoms with Gasteiger partial charge in [-0.3, -0.25) is 0 Å². The molecule has 0 atom stereocenters. The fourth-order valence-corrected chi connectivity index (χ4v) is 7.18. The SMILES string of the molecule is [W].[c-]1c2cccc1Oc1[c-]c(c(N(c3cccc(-c4ccccc4)c3)c3ccc4sc5ccccc5c4c3)cc1)-c1[c-]c(ccc1)O2. The number of fused-ring (bicyclic) bond motifs is 10. The molecule has 0 unspecified atom stereocenters. The van der Waals surface area contributed by atoms with Gasteiger partial charge in [0.2, 0.25) is 0 Å². The molecule has 224 valence electrons. The van der Waals surface area contributed by atoms with Crippen LogP contribution in [0.1, 0.15) is 0 Å². The van der Waals surface area contributed by atoms with Crippen LogP contribution in [-0.2, 0) is 21.1 Å². The van der Waals surface area contributed by atoms with Crippen molar-refractivity contribution in [2.24, 2.45) is 0 Å². The third-order valence-electron chi connectivity index (χ3n) is 8.19. The van der Waals surface area contributed by atoms with Gasteiger partial charge >= 0.3 is 0 Å². The van der Waals surface area contributed by atoms with Crippen LogP contribution < -0.4 is 14.4 Å². The topological polar surface area (TPSA) is 21.7 Å². The van der Waals surface area contributed by atoms with Gasteiger partial charge in [-0.25, -0.2) is 5.56 Å². The van der Waals surface area contributed by atoms with Crippen LogP contribution in [0.15, 0.2) is 146 Å². The van der Waals surface area contributed by atoms with Gasteiger partial charge in [-0.05, 0) is 47.5 Å². The molecule has 7 aromatic carbocycles. The van der Waals surface area contributed by atoms with Crippen LogP contribution in [0.4, 0.5) is 17.1 Å². The second kappa shape index (κ2) is 12.2. The zero-order chi connectivity index (χ0) is 30.5. The molecule has 0 N–H and O–H groups in total. The fraction of sp³-hybridized carbons (Fsp3) is 0. The molecule has 2 heterocycles. The van der Waals surface area contributed by atoms with Crippen LogP contribution in [0, 0.1) is 18.2 Å². The Labute approximate surface area is 291 Å². The minimum atomic E-state index is 0. The van der Waals surface area contributed by atoms with E-state index in [1.807, 2.05) is 59.9 Å². The van der Waals surface area contributed by atoms with E-state index < -0.39 is 0 Å². The van der Waals surface area contributed by atoms with Gasteiger partial charge < -0.3 is 14.4 Å². The first kappa shape index (κ1) is 29.3. The van der Waals surface area contributed by atoms with Crippen LogP contribution in [-0.4, -0.2) is 0 Å². The van der Waals surface area contributed by atoms with Crippen molar-refractivity contribution in [2.45, 2.75) is 0 Å². The Bertz CT molecular complexity index is 2400. The first-order valence-electron chi connectivity index (χ1n) is 15.1. The van der Waals surface area contributed by atoms with Crippen molar-refractivity contribution in [2.75, 3.05) is 4.90 Å². The molecule has 1 aromatic heterocycles. The Morgan fingerprint density at radius 3 is 1.98 bits per heavy atom. The summed E-state index contributed by atoms with van der Waals surface area (Å²) in [5.41, 5.74) is 7.01. The fourth-order valence-electron chi connectivity index (χ4n) is 6.09.